The maximum atomic E-state index is 12.2. The molecule has 2 N–H and O–H groups in total. The molecule has 7 nitrogen and oxygen atoms in total. The molecule has 0 unspecified atom stereocenters. The third-order valence-corrected chi connectivity index (χ3v) is 2.74. The largest absolute Gasteiger partial charge is 0.377 e. The zero-order valence-corrected chi connectivity index (χ0v) is 9.87. The molecule has 0 radical (unpaired) electrons. The van der Waals surface area contributed by atoms with Gasteiger partial charge in [-0.15, -0.1) is 5.10 Å². The molecule has 1 aromatic heterocycles. The Morgan fingerprint density at radius 3 is 3.24 bits per heavy atom. The number of hydrogen-bond acceptors (Lipinski definition) is 5. The third kappa shape index (κ3) is 2.62. The Hall–Kier alpha value is -1.47. The van der Waals surface area contributed by atoms with E-state index >= 15 is 0 Å². The van der Waals surface area contributed by atoms with Gasteiger partial charge in [0.25, 0.3) is 5.91 Å². The fourth-order valence-electron chi connectivity index (χ4n) is 1.81. The maximum Gasteiger partial charge on any atom is 0.276 e. The molecule has 1 amide bonds. The van der Waals surface area contributed by atoms with E-state index in [4.69, 9.17) is 10.5 Å². The quantitative estimate of drug-likeness (QED) is 0.738. The van der Waals surface area contributed by atoms with Crippen LogP contribution >= 0.6 is 0 Å². The van der Waals surface area contributed by atoms with Crippen LogP contribution in [0.5, 0.6) is 0 Å². The molecule has 0 aliphatic carbocycles. The second-order valence-electron chi connectivity index (χ2n) is 4.08. The summed E-state index contributed by atoms with van der Waals surface area (Å²) in [6.45, 7) is 4.75. The molecule has 1 saturated heterocycles. The molecule has 0 aromatic carbocycles. The normalized spacial score (nSPS) is 20.6. The van der Waals surface area contributed by atoms with E-state index in [0.29, 0.717) is 38.5 Å². The van der Waals surface area contributed by atoms with Crippen LogP contribution in [-0.2, 0) is 11.3 Å². The van der Waals surface area contributed by atoms with Crippen molar-refractivity contribution in [2.24, 2.45) is 5.73 Å². The van der Waals surface area contributed by atoms with Crippen molar-refractivity contribution >= 4 is 5.91 Å². The van der Waals surface area contributed by atoms with Gasteiger partial charge in [-0.3, -0.25) is 9.48 Å². The van der Waals surface area contributed by atoms with Gasteiger partial charge in [-0.25, -0.2) is 0 Å². The minimum Gasteiger partial charge on any atom is -0.377 e. The van der Waals surface area contributed by atoms with E-state index in [1.165, 1.54) is 0 Å². The topological polar surface area (TPSA) is 86.3 Å². The molecule has 0 saturated carbocycles. The highest BCUT2D eigenvalue weighted by Crippen LogP contribution is 2.10. The lowest BCUT2D eigenvalue weighted by molar-refractivity contribution is 0.00326. The SMILES string of the molecule is C[C@@H]1COCCN1C(=O)c1cn(CCN)nn1. The standard InChI is InChI=1S/C10H17N5O2/c1-8-7-17-5-4-15(8)10(16)9-6-14(3-2-11)13-12-9/h6,8H,2-5,7,11H2,1H3/t8-/m1/s1. The van der Waals surface area contributed by atoms with Gasteiger partial charge >= 0.3 is 0 Å². The van der Waals surface area contributed by atoms with Gasteiger partial charge in [-0.05, 0) is 6.92 Å². The van der Waals surface area contributed by atoms with Crippen molar-refractivity contribution in [2.75, 3.05) is 26.3 Å². The Morgan fingerprint density at radius 1 is 1.71 bits per heavy atom. The predicted octanol–water partition coefficient (Wildman–Crippen LogP) is -0.902. The molecule has 0 bridgehead atoms. The molecule has 1 aliphatic heterocycles. The van der Waals surface area contributed by atoms with Crippen molar-refractivity contribution in [1.82, 2.24) is 19.9 Å². The maximum absolute atomic E-state index is 12.2. The van der Waals surface area contributed by atoms with Crippen molar-refractivity contribution in [1.29, 1.82) is 0 Å². The molecule has 0 spiro atoms. The number of ether oxygens (including phenoxy) is 1. The molecule has 2 heterocycles. The van der Waals surface area contributed by atoms with Crippen LogP contribution in [0.1, 0.15) is 17.4 Å². The fourth-order valence-corrected chi connectivity index (χ4v) is 1.81. The minimum absolute atomic E-state index is 0.0795. The van der Waals surface area contributed by atoms with Crippen LogP contribution < -0.4 is 5.73 Å². The van der Waals surface area contributed by atoms with Gasteiger partial charge in [0, 0.05) is 13.1 Å². The summed E-state index contributed by atoms with van der Waals surface area (Å²) in [4.78, 5) is 13.9. The van der Waals surface area contributed by atoms with Gasteiger partial charge in [0.2, 0.25) is 0 Å². The lowest BCUT2D eigenvalue weighted by Gasteiger charge is -2.32. The summed E-state index contributed by atoms with van der Waals surface area (Å²) < 4.78 is 6.87. The van der Waals surface area contributed by atoms with Crippen molar-refractivity contribution in [2.45, 2.75) is 19.5 Å². The molecule has 17 heavy (non-hydrogen) atoms. The minimum atomic E-state index is -0.0935. The first-order valence-electron chi connectivity index (χ1n) is 5.71. The van der Waals surface area contributed by atoms with E-state index in [9.17, 15) is 4.79 Å². The molecule has 1 atom stereocenters. The number of aromatic nitrogens is 3. The summed E-state index contributed by atoms with van der Waals surface area (Å²) in [5.74, 6) is -0.0935. The van der Waals surface area contributed by atoms with E-state index in [0.717, 1.165) is 0 Å². The first-order chi connectivity index (χ1) is 8.22. The zero-order chi connectivity index (χ0) is 12.3. The average molecular weight is 239 g/mol. The Balaban J connectivity index is 2.07. The summed E-state index contributed by atoms with van der Waals surface area (Å²) in [6.07, 6.45) is 1.64. The van der Waals surface area contributed by atoms with Crippen LogP contribution in [0.15, 0.2) is 6.20 Å². The molecule has 2 rings (SSSR count). The number of rotatable bonds is 3. The van der Waals surface area contributed by atoms with E-state index in [1.54, 1.807) is 15.8 Å². The Kier molecular flexibility index (Phi) is 3.70. The van der Waals surface area contributed by atoms with E-state index in [2.05, 4.69) is 10.3 Å². The summed E-state index contributed by atoms with van der Waals surface area (Å²) in [5, 5.41) is 7.72. The van der Waals surface area contributed by atoms with Crippen molar-refractivity contribution in [3.05, 3.63) is 11.9 Å². The van der Waals surface area contributed by atoms with Gasteiger partial charge in [-0.1, -0.05) is 5.21 Å². The van der Waals surface area contributed by atoms with Crippen LogP contribution in [0.25, 0.3) is 0 Å². The van der Waals surface area contributed by atoms with Gasteiger partial charge in [0.15, 0.2) is 5.69 Å². The molecular weight excluding hydrogens is 222 g/mol. The summed E-state index contributed by atoms with van der Waals surface area (Å²) in [5.41, 5.74) is 5.78. The number of hydrogen-bond donors (Lipinski definition) is 1. The van der Waals surface area contributed by atoms with Crippen LogP contribution in [0.2, 0.25) is 0 Å². The van der Waals surface area contributed by atoms with Gasteiger partial charge in [0.1, 0.15) is 0 Å². The second kappa shape index (κ2) is 5.24. The number of carbonyl (C=O) groups excluding carboxylic acids is 1. The Morgan fingerprint density at radius 2 is 2.53 bits per heavy atom. The van der Waals surface area contributed by atoms with Gasteiger partial charge in [-0.2, -0.15) is 0 Å². The van der Waals surface area contributed by atoms with Crippen molar-refractivity contribution < 1.29 is 9.53 Å². The van der Waals surface area contributed by atoms with Crippen LogP contribution in [0.4, 0.5) is 0 Å². The predicted molar refractivity (Wildman–Crippen MR) is 60.4 cm³/mol. The summed E-state index contributed by atoms with van der Waals surface area (Å²) in [7, 11) is 0. The Labute approximate surface area is 99.5 Å². The molecule has 94 valence electrons. The number of nitrogens with two attached hydrogens (primary N) is 1. The first kappa shape index (κ1) is 12.0. The van der Waals surface area contributed by atoms with Crippen LogP contribution in [0, 0.1) is 0 Å². The van der Waals surface area contributed by atoms with E-state index in [1.807, 2.05) is 6.92 Å². The lowest BCUT2D eigenvalue weighted by atomic mass is 10.2. The number of carbonyl (C=O) groups is 1. The third-order valence-electron chi connectivity index (χ3n) is 2.74. The number of nitrogens with zero attached hydrogens (tertiary/aromatic N) is 4. The van der Waals surface area contributed by atoms with E-state index in [-0.39, 0.29) is 11.9 Å². The molecule has 1 fully saturated rings. The van der Waals surface area contributed by atoms with E-state index < -0.39 is 0 Å². The first-order valence-corrected chi connectivity index (χ1v) is 5.71. The highest BCUT2D eigenvalue weighted by atomic mass is 16.5. The highest BCUT2D eigenvalue weighted by Gasteiger charge is 2.26. The molecule has 1 aromatic rings. The molecular formula is C10H17N5O2. The monoisotopic (exact) mass is 239 g/mol. The molecule has 1 aliphatic rings. The fraction of sp³-hybridized carbons (Fsp3) is 0.700. The average Bonchev–Trinajstić information content (AvgIpc) is 2.78. The van der Waals surface area contributed by atoms with Crippen LogP contribution in [-0.4, -0.2) is 58.1 Å². The highest BCUT2D eigenvalue weighted by molar-refractivity contribution is 5.92. The summed E-state index contributed by atoms with van der Waals surface area (Å²) in [6, 6.07) is 0.0795. The van der Waals surface area contributed by atoms with Gasteiger partial charge < -0.3 is 15.4 Å². The smallest absolute Gasteiger partial charge is 0.276 e. The van der Waals surface area contributed by atoms with Crippen LogP contribution in [0.3, 0.4) is 0 Å². The lowest BCUT2D eigenvalue weighted by Crippen LogP contribution is -2.47. The number of morpholine rings is 1. The van der Waals surface area contributed by atoms with Crippen molar-refractivity contribution in [3.8, 4) is 0 Å². The second-order valence-corrected chi connectivity index (χ2v) is 4.08. The zero-order valence-electron chi connectivity index (χ0n) is 9.87. The number of amides is 1. The summed E-state index contributed by atoms with van der Waals surface area (Å²) >= 11 is 0. The van der Waals surface area contributed by atoms with Crippen molar-refractivity contribution in [3.63, 3.8) is 0 Å². The molecule has 7 heteroatoms. The Bertz CT molecular complexity index is 392. The van der Waals surface area contributed by atoms with Gasteiger partial charge in [0.05, 0.1) is 32.0 Å².